The Kier molecular flexibility index (Phi) is 3.85. The molecule has 2 heterocycles. The second-order valence-corrected chi connectivity index (χ2v) is 5.65. The van der Waals surface area contributed by atoms with Gasteiger partial charge < -0.3 is 13.9 Å². The summed E-state index contributed by atoms with van der Waals surface area (Å²) in [6, 6.07) is 14.6. The molecule has 6 heteroatoms. The van der Waals surface area contributed by atoms with Crippen molar-refractivity contribution in [3.05, 3.63) is 59.9 Å². The maximum Gasteiger partial charge on any atom is 0.271 e. The first kappa shape index (κ1) is 15.3. The molecule has 0 radical (unpaired) electrons. The number of furan rings is 1. The number of carbonyl (C=O) groups excluding carboxylic acids is 1. The number of amides is 1. The van der Waals surface area contributed by atoms with E-state index in [0.29, 0.717) is 41.7 Å². The summed E-state index contributed by atoms with van der Waals surface area (Å²) in [5.41, 5.74) is 4.36. The zero-order chi connectivity index (χ0) is 17.2. The molecule has 0 saturated carbocycles. The number of rotatable bonds is 3. The molecule has 2 aromatic carbocycles. The summed E-state index contributed by atoms with van der Waals surface area (Å²) in [7, 11) is 0. The van der Waals surface area contributed by atoms with Crippen LogP contribution >= 0.6 is 0 Å². The van der Waals surface area contributed by atoms with Gasteiger partial charge in [-0.15, -0.1) is 0 Å². The van der Waals surface area contributed by atoms with E-state index in [2.05, 4.69) is 10.5 Å². The Hall–Kier alpha value is -3.28. The van der Waals surface area contributed by atoms with Crippen LogP contribution in [0.5, 0.6) is 11.5 Å². The van der Waals surface area contributed by atoms with Crippen LogP contribution in [0.4, 0.5) is 0 Å². The van der Waals surface area contributed by atoms with Crippen molar-refractivity contribution in [3.63, 3.8) is 0 Å². The van der Waals surface area contributed by atoms with Gasteiger partial charge in [0, 0.05) is 10.9 Å². The van der Waals surface area contributed by atoms with Crippen molar-refractivity contribution in [3.8, 4) is 11.5 Å². The third kappa shape index (κ3) is 3.06. The number of ether oxygens (including phenoxy) is 2. The van der Waals surface area contributed by atoms with Crippen molar-refractivity contribution in [2.45, 2.75) is 6.92 Å². The van der Waals surface area contributed by atoms with Gasteiger partial charge in [0.25, 0.3) is 5.91 Å². The average Bonchev–Trinajstić information content (AvgIpc) is 3.09. The lowest BCUT2D eigenvalue weighted by atomic mass is 10.2. The van der Waals surface area contributed by atoms with Crippen LogP contribution in [0.3, 0.4) is 0 Å². The molecule has 4 rings (SSSR count). The Labute approximate surface area is 144 Å². The van der Waals surface area contributed by atoms with Crippen LogP contribution in [-0.4, -0.2) is 24.8 Å². The molecule has 0 atom stereocenters. The summed E-state index contributed by atoms with van der Waals surface area (Å²) < 4.78 is 16.7. The van der Waals surface area contributed by atoms with Gasteiger partial charge in [-0.1, -0.05) is 18.2 Å². The van der Waals surface area contributed by atoms with Crippen molar-refractivity contribution in [1.82, 2.24) is 5.43 Å². The summed E-state index contributed by atoms with van der Waals surface area (Å²) in [6.07, 6.45) is 0. The van der Waals surface area contributed by atoms with Gasteiger partial charge in [0.05, 0.1) is 0 Å². The molecule has 0 aliphatic carbocycles. The summed E-state index contributed by atoms with van der Waals surface area (Å²) in [5.74, 6) is 1.50. The normalized spacial score (nSPS) is 13.7. The maximum atomic E-state index is 12.3. The number of fused-ring (bicyclic) bond motifs is 2. The molecule has 0 bridgehead atoms. The molecule has 0 spiro atoms. The van der Waals surface area contributed by atoms with E-state index in [1.807, 2.05) is 30.3 Å². The number of hydrogen-bond donors (Lipinski definition) is 1. The molecular formula is C19H16N2O4. The highest BCUT2D eigenvalue weighted by atomic mass is 16.6. The van der Waals surface area contributed by atoms with Gasteiger partial charge in [-0.2, -0.15) is 5.10 Å². The van der Waals surface area contributed by atoms with Gasteiger partial charge in [-0.25, -0.2) is 5.43 Å². The van der Waals surface area contributed by atoms with Crippen molar-refractivity contribution < 1.29 is 18.7 Å². The van der Waals surface area contributed by atoms with Gasteiger partial charge in [0.15, 0.2) is 17.3 Å². The van der Waals surface area contributed by atoms with Gasteiger partial charge in [-0.05, 0) is 37.3 Å². The number of nitrogens with zero attached hydrogens (tertiary/aromatic N) is 1. The Bertz CT molecular complexity index is 941. The van der Waals surface area contributed by atoms with Crippen LogP contribution in [0.1, 0.15) is 23.0 Å². The molecule has 1 N–H and O–H groups in total. The van der Waals surface area contributed by atoms with Gasteiger partial charge in [-0.3, -0.25) is 4.79 Å². The number of hydrogen-bond acceptors (Lipinski definition) is 5. The second kappa shape index (κ2) is 6.32. The molecule has 3 aromatic rings. The molecule has 1 aliphatic rings. The zero-order valence-electron chi connectivity index (χ0n) is 13.6. The van der Waals surface area contributed by atoms with E-state index in [1.165, 1.54) is 0 Å². The van der Waals surface area contributed by atoms with Crippen LogP contribution in [0.15, 0.2) is 58.0 Å². The predicted molar refractivity (Wildman–Crippen MR) is 93.3 cm³/mol. The minimum atomic E-state index is -0.326. The first-order valence-electron chi connectivity index (χ1n) is 7.94. The minimum Gasteiger partial charge on any atom is -0.486 e. The van der Waals surface area contributed by atoms with Crippen LogP contribution in [0.2, 0.25) is 0 Å². The van der Waals surface area contributed by atoms with E-state index in [9.17, 15) is 4.79 Å². The van der Waals surface area contributed by atoms with E-state index in [4.69, 9.17) is 13.9 Å². The number of hydrazone groups is 1. The quantitative estimate of drug-likeness (QED) is 0.588. The Balaban J connectivity index is 1.51. The lowest BCUT2D eigenvalue weighted by Gasteiger charge is -2.18. The van der Waals surface area contributed by atoms with E-state index < -0.39 is 0 Å². The summed E-state index contributed by atoms with van der Waals surface area (Å²) in [4.78, 5) is 12.3. The van der Waals surface area contributed by atoms with Crippen LogP contribution in [-0.2, 0) is 0 Å². The highest BCUT2D eigenvalue weighted by Gasteiger charge is 2.15. The average molecular weight is 336 g/mol. The lowest BCUT2D eigenvalue weighted by Crippen LogP contribution is -2.20. The van der Waals surface area contributed by atoms with Crippen molar-refractivity contribution in [2.24, 2.45) is 5.10 Å². The predicted octanol–water partition coefficient (Wildman–Crippen LogP) is 3.36. The highest BCUT2D eigenvalue weighted by Crippen LogP contribution is 2.30. The van der Waals surface area contributed by atoms with Crippen molar-refractivity contribution >= 4 is 22.6 Å². The maximum absolute atomic E-state index is 12.3. The SMILES string of the molecule is C/C(=N\NC(=O)c1ccc2c(c1)OCCO2)c1cc2ccccc2o1. The molecule has 1 amide bonds. The minimum absolute atomic E-state index is 0.326. The molecule has 1 aliphatic heterocycles. The fourth-order valence-electron chi connectivity index (χ4n) is 2.60. The third-order valence-electron chi connectivity index (χ3n) is 3.91. The highest BCUT2D eigenvalue weighted by molar-refractivity contribution is 6.01. The van der Waals surface area contributed by atoms with E-state index >= 15 is 0 Å². The monoisotopic (exact) mass is 336 g/mol. The van der Waals surface area contributed by atoms with Gasteiger partial charge in [0.1, 0.15) is 24.5 Å². The first-order valence-corrected chi connectivity index (χ1v) is 7.94. The number of nitrogens with one attached hydrogen (secondary N) is 1. The standard InChI is InChI=1S/C19H16N2O4/c1-12(17-10-13-4-2-3-5-15(13)25-17)20-21-19(22)14-6-7-16-18(11-14)24-9-8-23-16/h2-7,10-11H,8-9H2,1H3,(H,21,22)/b20-12+. The molecule has 0 unspecified atom stereocenters. The fourth-order valence-corrected chi connectivity index (χ4v) is 2.60. The summed E-state index contributed by atoms with van der Waals surface area (Å²) >= 11 is 0. The van der Waals surface area contributed by atoms with Crippen LogP contribution in [0, 0.1) is 0 Å². The zero-order valence-corrected chi connectivity index (χ0v) is 13.6. The largest absolute Gasteiger partial charge is 0.486 e. The second-order valence-electron chi connectivity index (χ2n) is 5.65. The van der Waals surface area contributed by atoms with E-state index in [1.54, 1.807) is 25.1 Å². The Morgan fingerprint density at radius 2 is 1.84 bits per heavy atom. The number of para-hydroxylation sites is 1. The molecular weight excluding hydrogens is 320 g/mol. The fraction of sp³-hybridized carbons (Fsp3) is 0.158. The van der Waals surface area contributed by atoms with Gasteiger partial charge in [0.2, 0.25) is 0 Å². The van der Waals surface area contributed by atoms with Crippen molar-refractivity contribution in [1.29, 1.82) is 0 Å². The third-order valence-corrected chi connectivity index (χ3v) is 3.91. The van der Waals surface area contributed by atoms with E-state index in [-0.39, 0.29) is 5.91 Å². The van der Waals surface area contributed by atoms with Crippen molar-refractivity contribution in [2.75, 3.05) is 13.2 Å². The van der Waals surface area contributed by atoms with E-state index in [0.717, 1.165) is 11.0 Å². The lowest BCUT2D eigenvalue weighted by molar-refractivity contribution is 0.0953. The summed E-state index contributed by atoms with van der Waals surface area (Å²) in [6.45, 7) is 2.77. The Morgan fingerprint density at radius 1 is 1.04 bits per heavy atom. The topological polar surface area (TPSA) is 73.1 Å². The van der Waals surface area contributed by atoms with Crippen LogP contribution < -0.4 is 14.9 Å². The smallest absolute Gasteiger partial charge is 0.271 e. The number of carbonyl (C=O) groups is 1. The number of benzene rings is 2. The summed E-state index contributed by atoms with van der Waals surface area (Å²) in [5, 5.41) is 5.12. The Morgan fingerprint density at radius 3 is 2.68 bits per heavy atom. The first-order chi connectivity index (χ1) is 12.2. The molecule has 6 nitrogen and oxygen atoms in total. The molecule has 0 fully saturated rings. The molecule has 1 aromatic heterocycles. The molecule has 126 valence electrons. The van der Waals surface area contributed by atoms with Crippen LogP contribution in [0.25, 0.3) is 11.0 Å². The molecule has 0 saturated heterocycles. The molecule has 25 heavy (non-hydrogen) atoms. The van der Waals surface area contributed by atoms with Gasteiger partial charge >= 0.3 is 0 Å².